The number of carbonyl (C=O) groups excluding carboxylic acids is 1. The first-order valence-electron chi connectivity index (χ1n) is 6.36. The third-order valence-corrected chi connectivity index (χ3v) is 4.14. The molecule has 0 saturated carbocycles. The average Bonchev–Trinajstić information content (AvgIpc) is 2.50. The topological polar surface area (TPSA) is 47.6 Å². The number of methoxy groups -OCH3 is 2. The minimum atomic E-state index is -0.253. The highest BCUT2D eigenvalue weighted by atomic mass is 79.9. The van der Waals surface area contributed by atoms with Crippen molar-refractivity contribution < 1.29 is 14.3 Å². The summed E-state index contributed by atoms with van der Waals surface area (Å²) in [5.41, 5.74) is 2.18. The number of aryl methyl sites for hydroxylation is 1. The van der Waals surface area contributed by atoms with Gasteiger partial charge in [-0.25, -0.2) is 0 Å². The van der Waals surface area contributed by atoms with Gasteiger partial charge in [-0.3, -0.25) is 4.79 Å². The quantitative estimate of drug-likeness (QED) is 0.906. The number of benzene rings is 2. The zero-order valence-corrected chi connectivity index (χ0v) is 13.7. The number of hydrogen-bond donors (Lipinski definition) is 1. The standard InChI is InChI=1S/C16H16BrNO3/c1-10-6-4-8-12(14(10)17)18-16(19)11-7-5-9-13(20-2)15(11)21-3/h4-9H,1-3H3,(H,18,19). The van der Waals surface area contributed by atoms with E-state index in [1.54, 1.807) is 18.2 Å². The molecule has 110 valence electrons. The van der Waals surface area contributed by atoms with Crippen LogP contribution in [0.2, 0.25) is 0 Å². The number of amides is 1. The maximum atomic E-state index is 12.5. The Morgan fingerprint density at radius 1 is 1.10 bits per heavy atom. The van der Waals surface area contributed by atoms with Gasteiger partial charge in [0.15, 0.2) is 11.5 Å². The summed E-state index contributed by atoms with van der Waals surface area (Å²) in [6, 6.07) is 10.9. The second kappa shape index (κ2) is 6.63. The number of ether oxygens (including phenoxy) is 2. The van der Waals surface area contributed by atoms with E-state index in [0.29, 0.717) is 22.7 Å². The SMILES string of the molecule is COc1cccc(C(=O)Nc2cccc(C)c2Br)c1OC. The van der Waals surface area contributed by atoms with Crippen molar-refractivity contribution in [1.82, 2.24) is 0 Å². The van der Waals surface area contributed by atoms with Gasteiger partial charge in [-0.05, 0) is 46.6 Å². The second-order valence-electron chi connectivity index (χ2n) is 4.43. The molecule has 0 radical (unpaired) electrons. The molecule has 2 aromatic carbocycles. The lowest BCUT2D eigenvalue weighted by molar-refractivity contribution is 0.102. The van der Waals surface area contributed by atoms with Crippen LogP contribution in [0.15, 0.2) is 40.9 Å². The summed E-state index contributed by atoms with van der Waals surface area (Å²) in [5.74, 6) is 0.687. The summed E-state index contributed by atoms with van der Waals surface area (Å²) in [6.45, 7) is 1.96. The first-order chi connectivity index (χ1) is 10.1. The van der Waals surface area contributed by atoms with Crippen molar-refractivity contribution in [2.45, 2.75) is 6.92 Å². The fourth-order valence-corrected chi connectivity index (χ4v) is 2.36. The van der Waals surface area contributed by atoms with Crippen molar-refractivity contribution in [2.75, 3.05) is 19.5 Å². The minimum absolute atomic E-state index is 0.253. The fraction of sp³-hybridized carbons (Fsp3) is 0.188. The van der Waals surface area contributed by atoms with Crippen molar-refractivity contribution >= 4 is 27.5 Å². The lowest BCUT2D eigenvalue weighted by Crippen LogP contribution is -2.14. The molecule has 0 heterocycles. The Bertz CT molecular complexity index is 671. The van der Waals surface area contributed by atoms with E-state index >= 15 is 0 Å². The predicted octanol–water partition coefficient (Wildman–Crippen LogP) is 4.03. The molecule has 0 aliphatic carbocycles. The maximum absolute atomic E-state index is 12.5. The Balaban J connectivity index is 2.35. The zero-order valence-electron chi connectivity index (χ0n) is 12.1. The summed E-state index contributed by atoms with van der Waals surface area (Å²) < 4.78 is 11.3. The van der Waals surface area contributed by atoms with Gasteiger partial charge in [0.25, 0.3) is 5.91 Å². The van der Waals surface area contributed by atoms with Crippen molar-refractivity contribution in [2.24, 2.45) is 0 Å². The molecule has 5 heteroatoms. The smallest absolute Gasteiger partial charge is 0.259 e. The van der Waals surface area contributed by atoms with Crippen LogP contribution in [-0.4, -0.2) is 20.1 Å². The Kier molecular flexibility index (Phi) is 4.85. The van der Waals surface area contributed by atoms with Gasteiger partial charge in [-0.2, -0.15) is 0 Å². The number of para-hydroxylation sites is 1. The summed E-state index contributed by atoms with van der Waals surface area (Å²) in [6.07, 6.45) is 0. The van der Waals surface area contributed by atoms with Gasteiger partial charge in [-0.1, -0.05) is 18.2 Å². The van der Waals surface area contributed by atoms with E-state index < -0.39 is 0 Å². The van der Waals surface area contributed by atoms with E-state index in [-0.39, 0.29) is 5.91 Å². The Hall–Kier alpha value is -2.01. The molecule has 0 aliphatic rings. The second-order valence-corrected chi connectivity index (χ2v) is 5.22. The van der Waals surface area contributed by atoms with Gasteiger partial charge in [0.2, 0.25) is 0 Å². The maximum Gasteiger partial charge on any atom is 0.259 e. The molecule has 0 spiro atoms. The third kappa shape index (κ3) is 3.19. The number of carbonyl (C=O) groups is 1. The first kappa shape index (κ1) is 15.4. The number of rotatable bonds is 4. The summed E-state index contributed by atoms with van der Waals surface area (Å²) in [7, 11) is 3.05. The number of hydrogen-bond acceptors (Lipinski definition) is 3. The van der Waals surface area contributed by atoms with Crippen LogP contribution in [0.3, 0.4) is 0 Å². The van der Waals surface area contributed by atoms with Gasteiger partial charge >= 0.3 is 0 Å². The normalized spacial score (nSPS) is 10.1. The lowest BCUT2D eigenvalue weighted by Gasteiger charge is -2.13. The predicted molar refractivity (Wildman–Crippen MR) is 86.4 cm³/mol. The molecular weight excluding hydrogens is 334 g/mol. The molecular formula is C16H16BrNO3. The van der Waals surface area contributed by atoms with E-state index in [4.69, 9.17) is 9.47 Å². The minimum Gasteiger partial charge on any atom is -0.493 e. The molecule has 1 N–H and O–H groups in total. The molecule has 2 rings (SSSR count). The molecule has 0 atom stereocenters. The summed E-state index contributed by atoms with van der Waals surface area (Å²) in [5, 5.41) is 2.87. The van der Waals surface area contributed by atoms with E-state index in [0.717, 1.165) is 10.0 Å². The molecule has 0 aromatic heterocycles. The molecule has 4 nitrogen and oxygen atoms in total. The Labute approximate surface area is 132 Å². The Morgan fingerprint density at radius 2 is 1.81 bits per heavy atom. The largest absolute Gasteiger partial charge is 0.493 e. The van der Waals surface area contributed by atoms with Gasteiger partial charge in [0.05, 0.1) is 25.5 Å². The van der Waals surface area contributed by atoms with Crippen molar-refractivity contribution in [1.29, 1.82) is 0 Å². The molecule has 0 bridgehead atoms. The van der Waals surface area contributed by atoms with Crippen LogP contribution in [-0.2, 0) is 0 Å². The number of anilines is 1. The van der Waals surface area contributed by atoms with E-state index in [9.17, 15) is 4.79 Å². The number of nitrogens with one attached hydrogen (secondary N) is 1. The van der Waals surface area contributed by atoms with Crippen molar-refractivity contribution in [3.8, 4) is 11.5 Å². The fourth-order valence-electron chi connectivity index (χ4n) is 2.00. The number of halogens is 1. The monoisotopic (exact) mass is 349 g/mol. The molecule has 0 aliphatic heterocycles. The van der Waals surface area contributed by atoms with Crippen LogP contribution in [0.25, 0.3) is 0 Å². The zero-order chi connectivity index (χ0) is 15.4. The van der Waals surface area contributed by atoms with Gasteiger partial charge in [0, 0.05) is 4.47 Å². The molecule has 0 fully saturated rings. The molecule has 1 amide bonds. The van der Waals surface area contributed by atoms with Crippen LogP contribution < -0.4 is 14.8 Å². The van der Waals surface area contributed by atoms with Crippen LogP contribution in [0.5, 0.6) is 11.5 Å². The average molecular weight is 350 g/mol. The van der Waals surface area contributed by atoms with E-state index in [2.05, 4.69) is 21.2 Å². The van der Waals surface area contributed by atoms with Crippen LogP contribution >= 0.6 is 15.9 Å². The summed E-state index contributed by atoms with van der Waals surface area (Å²) >= 11 is 3.47. The lowest BCUT2D eigenvalue weighted by atomic mass is 10.1. The molecule has 0 saturated heterocycles. The molecule has 21 heavy (non-hydrogen) atoms. The van der Waals surface area contributed by atoms with Crippen LogP contribution in [0.1, 0.15) is 15.9 Å². The highest BCUT2D eigenvalue weighted by molar-refractivity contribution is 9.10. The highest BCUT2D eigenvalue weighted by Gasteiger charge is 2.17. The van der Waals surface area contributed by atoms with Gasteiger partial charge < -0.3 is 14.8 Å². The van der Waals surface area contributed by atoms with E-state index in [1.807, 2.05) is 25.1 Å². The van der Waals surface area contributed by atoms with Gasteiger partial charge in [0.1, 0.15) is 0 Å². The first-order valence-corrected chi connectivity index (χ1v) is 7.15. The summed E-state index contributed by atoms with van der Waals surface area (Å²) in [4.78, 5) is 12.5. The highest BCUT2D eigenvalue weighted by Crippen LogP contribution is 2.32. The molecule has 2 aromatic rings. The van der Waals surface area contributed by atoms with Crippen LogP contribution in [0, 0.1) is 6.92 Å². The van der Waals surface area contributed by atoms with E-state index in [1.165, 1.54) is 14.2 Å². The molecule has 0 unspecified atom stereocenters. The third-order valence-electron chi connectivity index (χ3n) is 3.09. The van der Waals surface area contributed by atoms with Gasteiger partial charge in [-0.15, -0.1) is 0 Å². The van der Waals surface area contributed by atoms with Crippen LogP contribution in [0.4, 0.5) is 5.69 Å². The van der Waals surface area contributed by atoms with Crippen molar-refractivity contribution in [3.05, 3.63) is 52.0 Å². The Morgan fingerprint density at radius 3 is 2.48 bits per heavy atom. The van der Waals surface area contributed by atoms with Crippen molar-refractivity contribution in [3.63, 3.8) is 0 Å².